The molecule has 27 heavy (non-hydrogen) atoms. The summed E-state index contributed by atoms with van der Waals surface area (Å²) in [6.07, 6.45) is 3.54. The van der Waals surface area contributed by atoms with Crippen LogP contribution in [0.1, 0.15) is 5.56 Å². The fraction of sp³-hybridized carbons (Fsp3) is 0.182. The predicted octanol–water partition coefficient (Wildman–Crippen LogP) is 4.00. The van der Waals surface area contributed by atoms with Crippen LogP contribution in [-0.2, 0) is 16.0 Å². The smallest absolute Gasteiger partial charge is 0.196 e. The van der Waals surface area contributed by atoms with E-state index in [9.17, 15) is 9.59 Å². The van der Waals surface area contributed by atoms with Crippen LogP contribution in [0.15, 0.2) is 76.1 Å². The maximum absolute atomic E-state index is 13.0. The molecule has 0 bridgehead atoms. The minimum Gasteiger partial charge on any atom is -0.497 e. The summed E-state index contributed by atoms with van der Waals surface area (Å²) in [5, 5.41) is 0. The molecule has 4 rings (SSSR count). The van der Waals surface area contributed by atoms with Gasteiger partial charge in [-0.2, -0.15) is 0 Å². The first-order valence-corrected chi connectivity index (χ1v) is 9.50. The molecule has 5 heteroatoms. The van der Waals surface area contributed by atoms with E-state index in [1.165, 1.54) is 23.9 Å². The largest absolute Gasteiger partial charge is 0.497 e. The van der Waals surface area contributed by atoms with Gasteiger partial charge in [-0.1, -0.05) is 36.0 Å². The SMILES string of the molecule is COc1ccc2c(c1)OCC(C1=CC(=O)C=C(Sc3ccccc3)C1=O)C2. The van der Waals surface area contributed by atoms with Gasteiger partial charge in [-0.15, -0.1) is 0 Å². The third-order valence-electron chi connectivity index (χ3n) is 4.65. The number of ketones is 2. The van der Waals surface area contributed by atoms with Crippen LogP contribution < -0.4 is 9.47 Å². The molecule has 4 nitrogen and oxygen atoms in total. The monoisotopic (exact) mass is 378 g/mol. The van der Waals surface area contributed by atoms with Crippen molar-refractivity contribution in [2.75, 3.05) is 13.7 Å². The minimum absolute atomic E-state index is 0.0889. The van der Waals surface area contributed by atoms with Crippen LogP contribution in [0.25, 0.3) is 0 Å². The lowest BCUT2D eigenvalue weighted by molar-refractivity contribution is -0.115. The van der Waals surface area contributed by atoms with E-state index in [4.69, 9.17) is 9.47 Å². The van der Waals surface area contributed by atoms with Crippen molar-refractivity contribution in [1.29, 1.82) is 0 Å². The first-order chi connectivity index (χ1) is 13.1. The number of ether oxygens (including phenoxy) is 2. The lowest BCUT2D eigenvalue weighted by Crippen LogP contribution is -2.28. The number of hydrogen-bond acceptors (Lipinski definition) is 5. The number of hydrogen-bond donors (Lipinski definition) is 0. The molecule has 2 aliphatic rings. The number of Topliss-reactive ketones (excluding diaryl/α,β-unsaturated/α-hetero) is 1. The highest BCUT2D eigenvalue weighted by Gasteiger charge is 2.32. The van der Waals surface area contributed by atoms with E-state index in [2.05, 4.69) is 0 Å². The molecule has 0 saturated heterocycles. The van der Waals surface area contributed by atoms with E-state index in [1.54, 1.807) is 7.11 Å². The Morgan fingerprint density at radius 2 is 1.89 bits per heavy atom. The third kappa shape index (κ3) is 3.69. The van der Waals surface area contributed by atoms with Crippen LogP contribution in [0.5, 0.6) is 11.5 Å². The molecule has 0 fully saturated rings. The van der Waals surface area contributed by atoms with E-state index in [1.807, 2.05) is 48.5 Å². The fourth-order valence-corrected chi connectivity index (χ4v) is 4.20. The summed E-state index contributed by atoms with van der Waals surface area (Å²) in [4.78, 5) is 26.6. The Morgan fingerprint density at radius 1 is 1.07 bits per heavy atom. The Kier molecular flexibility index (Phi) is 4.86. The Labute approximate surface area is 161 Å². The van der Waals surface area contributed by atoms with Gasteiger partial charge in [0.25, 0.3) is 0 Å². The Balaban J connectivity index is 1.55. The Bertz CT molecular complexity index is 960. The maximum Gasteiger partial charge on any atom is 0.196 e. The molecule has 0 saturated carbocycles. The Hall–Kier alpha value is -2.79. The molecule has 0 N–H and O–H groups in total. The van der Waals surface area contributed by atoms with Gasteiger partial charge in [0.1, 0.15) is 11.5 Å². The molecule has 0 radical (unpaired) electrons. The van der Waals surface area contributed by atoms with Crippen molar-refractivity contribution in [2.45, 2.75) is 11.3 Å². The van der Waals surface area contributed by atoms with Gasteiger partial charge < -0.3 is 9.47 Å². The second-order valence-corrected chi connectivity index (χ2v) is 7.56. The van der Waals surface area contributed by atoms with E-state index in [0.717, 1.165) is 22.0 Å². The van der Waals surface area contributed by atoms with Gasteiger partial charge in [0.2, 0.25) is 0 Å². The average molecular weight is 378 g/mol. The van der Waals surface area contributed by atoms with E-state index >= 15 is 0 Å². The van der Waals surface area contributed by atoms with Crippen LogP contribution in [-0.4, -0.2) is 25.3 Å². The highest BCUT2D eigenvalue weighted by molar-refractivity contribution is 8.04. The summed E-state index contributed by atoms with van der Waals surface area (Å²) in [5.74, 6) is 1.13. The third-order valence-corrected chi connectivity index (χ3v) is 5.68. The minimum atomic E-state index is -0.149. The summed E-state index contributed by atoms with van der Waals surface area (Å²) >= 11 is 1.33. The molecule has 2 aromatic rings. The molecule has 2 aromatic carbocycles. The van der Waals surface area contributed by atoms with Crippen molar-refractivity contribution in [3.05, 3.63) is 76.7 Å². The highest BCUT2D eigenvalue weighted by Crippen LogP contribution is 2.37. The van der Waals surface area contributed by atoms with Gasteiger partial charge in [0, 0.05) is 28.5 Å². The molecule has 1 aliphatic heterocycles. The van der Waals surface area contributed by atoms with Gasteiger partial charge in [0.15, 0.2) is 11.6 Å². The predicted molar refractivity (Wildman–Crippen MR) is 104 cm³/mol. The number of thioether (sulfide) groups is 1. The van der Waals surface area contributed by atoms with Crippen LogP contribution in [0.4, 0.5) is 0 Å². The highest BCUT2D eigenvalue weighted by atomic mass is 32.2. The first kappa shape index (κ1) is 17.6. The summed E-state index contributed by atoms with van der Waals surface area (Å²) in [6, 6.07) is 15.3. The zero-order chi connectivity index (χ0) is 18.8. The number of methoxy groups -OCH3 is 1. The van der Waals surface area contributed by atoms with Gasteiger partial charge in [-0.25, -0.2) is 0 Å². The summed E-state index contributed by atoms with van der Waals surface area (Å²) in [7, 11) is 1.61. The Morgan fingerprint density at radius 3 is 2.67 bits per heavy atom. The topological polar surface area (TPSA) is 52.6 Å². The summed E-state index contributed by atoms with van der Waals surface area (Å²) in [6.45, 7) is 0.369. The van der Waals surface area contributed by atoms with Crippen LogP contribution in [0, 0.1) is 5.92 Å². The lowest BCUT2D eigenvalue weighted by Gasteiger charge is -2.28. The molecule has 1 heterocycles. The fourth-order valence-electron chi connectivity index (χ4n) is 3.27. The van der Waals surface area contributed by atoms with Crippen molar-refractivity contribution in [3.8, 4) is 11.5 Å². The molecule has 1 unspecified atom stereocenters. The normalized spacial score (nSPS) is 18.9. The molecular formula is C22H18O4S. The number of rotatable bonds is 4. The molecule has 136 valence electrons. The quantitative estimate of drug-likeness (QED) is 0.753. The number of allylic oxidation sites excluding steroid dienone is 3. The van der Waals surface area contributed by atoms with E-state index < -0.39 is 0 Å². The van der Waals surface area contributed by atoms with Crippen molar-refractivity contribution < 1.29 is 19.1 Å². The lowest BCUT2D eigenvalue weighted by atomic mass is 9.85. The molecule has 0 amide bonds. The first-order valence-electron chi connectivity index (χ1n) is 8.68. The van der Waals surface area contributed by atoms with Crippen LogP contribution in [0.2, 0.25) is 0 Å². The van der Waals surface area contributed by atoms with Gasteiger partial charge in [0.05, 0.1) is 18.6 Å². The zero-order valence-corrected chi connectivity index (χ0v) is 15.6. The second-order valence-electron chi connectivity index (χ2n) is 6.44. The van der Waals surface area contributed by atoms with Crippen LogP contribution in [0.3, 0.4) is 0 Å². The molecule has 1 atom stereocenters. The number of fused-ring (bicyclic) bond motifs is 1. The second kappa shape index (κ2) is 7.45. The van der Waals surface area contributed by atoms with Crippen LogP contribution >= 0.6 is 11.8 Å². The average Bonchev–Trinajstić information content (AvgIpc) is 2.70. The molecule has 1 aliphatic carbocycles. The summed E-state index contributed by atoms with van der Waals surface area (Å²) < 4.78 is 11.1. The van der Waals surface area contributed by atoms with Gasteiger partial charge >= 0.3 is 0 Å². The number of carbonyl (C=O) groups is 2. The summed E-state index contributed by atoms with van der Waals surface area (Å²) in [5.41, 5.74) is 1.54. The van der Waals surface area contributed by atoms with E-state index in [0.29, 0.717) is 23.5 Å². The molecular weight excluding hydrogens is 360 g/mol. The number of benzene rings is 2. The zero-order valence-electron chi connectivity index (χ0n) is 14.8. The van der Waals surface area contributed by atoms with Crippen molar-refractivity contribution in [1.82, 2.24) is 0 Å². The van der Waals surface area contributed by atoms with Gasteiger partial charge in [-0.05, 0) is 36.3 Å². The standard InChI is InChI=1S/C22H18O4S/c1-25-17-8-7-14-9-15(13-26-20(14)12-17)19-10-16(23)11-21(22(19)24)27-18-5-3-2-4-6-18/h2-8,10-12,15H,9,13H2,1H3. The maximum atomic E-state index is 13.0. The van der Waals surface area contributed by atoms with E-state index in [-0.39, 0.29) is 17.5 Å². The molecule has 0 spiro atoms. The van der Waals surface area contributed by atoms with Crippen molar-refractivity contribution in [2.24, 2.45) is 5.92 Å². The van der Waals surface area contributed by atoms with Crippen molar-refractivity contribution >= 4 is 23.3 Å². The van der Waals surface area contributed by atoms with Gasteiger partial charge in [-0.3, -0.25) is 9.59 Å². The molecule has 0 aromatic heterocycles. The number of carbonyl (C=O) groups excluding carboxylic acids is 2. The van der Waals surface area contributed by atoms with Crippen molar-refractivity contribution in [3.63, 3.8) is 0 Å².